The van der Waals surface area contributed by atoms with Gasteiger partial charge in [0.1, 0.15) is 12.5 Å². The van der Waals surface area contributed by atoms with E-state index >= 15 is 0 Å². The fraction of sp³-hybridized carbons (Fsp3) is 0.700. The van der Waals surface area contributed by atoms with E-state index in [4.69, 9.17) is 4.74 Å². The van der Waals surface area contributed by atoms with Crippen molar-refractivity contribution in [1.29, 1.82) is 0 Å². The fourth-order valence-corrected chi connectivity index (χ4v) is 1.24. The Balaban J connectivity index is 4.45. The van der Waals surface area contributed by atoms with Gasteiger partial charge in [0.2, 0.25) is 0 Å². The van der Waals surface area contributed by atoms with Gasteiger partial charge in [0, 0.05) is 5.57 Å². The monoisotopic (exact) mass is 217 g/mol. The molecule has 0 amide bonds. The van der Waals surface area contributed by atoms with Crippen molar-refractivity contribution in [3.8, 4) is 0 Å². The Hall–Kier alpha value is -0.910. The van der Waals surface area contributed by atoms with Crippen molar-refractivity contribution in [2.45, 2.75) is 46.4 Å². The van der Waals surface area contributed by atoms with Crippen molar-refractivity contribution in [2.75, 3.05) is 0 Å². The third kappa shape index (κ3) is 4.42. The molecule has 88 valence electrons. The highest BCUT2D eigenvalue weighted by molar-refractivity contribution is 5.87. The summed E-state index contributed by atoms with van der Waals surface area (Å²) in [5.74, 6) is -0.547. The lowest BCUT2D eigenvalue weighted by Crippen LogP contribution is -2.47. The Bertz CT molecular complexity index is 230. The largest absolute Gasteiger partial charge is 0.443 e. The van der Waals surface area contributed by atoms with E-state index in [1.807, 2.05) is 0 Å². The highest BCUT2D eigenvalue weighted by Gasteiger charge is 2.25. The molecule has 0 saturated heterocycles. The molecule has 15 heavy (non-hydrogen) atoms. The standard InChI is InChI=1S/C10H19NO4/c1-6(2)10(14)15-9(5)11(7(3)12)8(4)13/h7-9,12-13H,1H2,2-5H3. The van der Waals surface area contributed by atoms with Crippen LogP contribution in [0.3, 0.4) is 0 Å². The summed E-state index contributed by atoms with van der Waals surface area (Å²) in [4.78, 5) is 12.4. The number of carbonyl (C=O) groups excluding carboxylic acids is 1. The van der Waals surface area contributed by atoms with E-state index in [2.05, 4.69) is 6.58 Å². The SMILES string of the molecule is C=C(C)C(=O)OC(C)N(C(C)O)C(C)O. The lowest BCUT2D eigenvalue weighted by molar-refractivity contribution is -0.187. The normalized spacial score (nSPS) is 17.0. The zero-order valence-electron chi connectivity index (χ0n) is 9.60. The van der Waals surface area contributed by atoms with E-state index in [0.29, 0.717) is 0 Å². The predicted octanol–water partition coefficient (Wildman–Crippen LogP) is 0.430. The number of rotatable bonds is 5. The van der Waals surface area contributed by atoms with E-state index in [-0.39, 0.29) is 5.57 Å². The number of aliphatic hydroxyl groups excluding tert-OH is 2. The maximum Gasteiger partial charge on any atom is 0.334 e. The van der Waals surface area contributed by atoms with Gasteiger partial charge in [-0.2, -0.15) is 0 Å². The number of hydrogen-bond donors (Lipinski definition) is 2. The molecule has 2 N–H and O–H groups in total. The molecule has 0 aliphatic rings. The number of aliphatic hydroxyl groups is 2. The number of esters is 1. The van der Waals surface area contributed by atoms with E-state index in [1.54, 1.807) is 6.92 Å². The van der Waals surface area contributed by atoms with Crippen molar-refractivity contribution < 1.29 is 19.7 Å². The summed E-state index contributed by atoms with van der Waals surface area (Å²) < 4.78 is 4.96. The third-order valence-corrected chi connectivity index (χ3v) is 1.91. The maximum atomic E-state index is 11.2. The lowest BCUT2D eigenvalue weighted by Gasteiger charge is -2.33. The van der Waals surface area contributed by atoms with Gasteiger partial charge in [-0.15, -0.1) is 0 Å². The Kier molecular flexibility index (Phi) is 5.49. The van der Waals surface area contributed by atoms with Gasteiger partial charge in [0.15, 0.2) is 6.23 Å². The fourth-order valence-electron chi connectivity index (χ4n) is 1.24. The number of hydrogen-bond acceptors (Lipinski definition) is 5. The highest BCUT2D eigenvalue weighted by Crippen LogP contribution is 2.10. The first-order valence-electron chi connectivity index (χ1n) is 4.77. The topological polar surface area (TPSA) is 70.0 Å². The second kappa shape index (κ2) is 5.85. The molecule has 3 unspecified atom stereocenters. The van der Waals surface area contributed by atoms with Gasteiger partial charge in [-0.05, 0) is 27.7 Å². The van der Waals surface area contributed by atoms with Gasteiger partial charge in [-0.1, -0.05) is 6.58 Å². The second-order valence-corrected chi connectivity index (χ2v) is 3.50. The molecule has 0 fully saturated rings. The summed E-state index contributed by atoms with van der Waals surface area (Å²) in [6.07, 6.45) is -2.52. The molecule has 5 heteroatoms. The Morgan fingerprint density at radius 2 is 1.67 bits per heavy atom. The average Bonchev–Trinajstić information content (AvgIpc) is 2.01. The minimum Gasteiger partial charge on any atom is -0.443 e. The van der Waals surface area contributed by atoms with Gasteiger partial charge < -0.3 is 14.9 Å². The molecule has 0 aromatic rings. The quantitative estimate of drug-likeness (QED) is 0.397. The van der Waals surface area contributed by atoms with Gasteiger partial charge >= 0.3 is 5.97 Å². The zero-order chi connectivity index (χ0) is 12.2. The second-order valence-electron chi connectivity index (χ2n) is 3.50. The van der Waals surface area contributed by atoms with Crippen LogP contribution in [0.1, 0.15) is 27.7 Å². The van der Waals surface area contributed by atoms with Crippen LogP contribution in [0.4, 0.5) is 0 Å². The highest BCUT2D eigenvalue weighted by atomic mass is 16.6. The molecule has 0 aromatic carbocycles. The summed E-state index contributed by atoms with van der Waals surface area (Å²) in [6.45, 7) is 9.51. The van der Waals surface area contributed by atoms with Crippen molar-refractivity contribution in [2.24, 2.45) is 0 Å². The summed E-state index contributed by atoms with van der Waals surface area (Å²) in [6, 6.07) is 0. The molecule has 0 spiro atoms. The molecule has 3 atom stereocenters. The summed E-state index contributed by atoms with van der Waals surface area (Å²) in [5.41, 5.74) is 0.276. The van der Waals surface area contributed by atoms with Gasteiger partial charge in [-0.3, -0.25) is 0 Å². The molecule has 0 heterocycles. The van der Waals surface area contributed by atoms with Gasteiger partial charge in [0.25, 0.3) is 0 Å². The summed E-state index contributed by atoms with van der Waals surface area (Å²) >= 11 is 0. The minimum absolute atomic E-state index is 0.276. The van der Waals surface area contributed by atoms with E-state index in [9.17, 15) is 15.0 Å². The van der Waals surface area contributed by atoms with Gasteiger partial charge in [-0.25, -0.2) is 9.69 Å². The van der Waals surface area contributed by atoms with Crippen molar-refractivity contribution in [3.05, 3.63) is 12.2 Å². The molecule has 0 rings (SSSR count). The molecular formula is C10H19NO4. The zero-order valence-corrected chi connectivity index (χ0v) is 9.60. The first kappa shape index (κ1) is 14.1. The van der Waals surface area contributed by atoms with E-state index in [1.165, 1.54) is 25.7 Å². The van der Waals surface area contributed by atoms with Crippen LogP contribution < -0.4 is 0 Å². The molecule has 0 saturated carbocycles. The van der Waals surface area contributed by atoms with Crippen LogP contribution >= 0.6 is 0 Å². The van der Waals surface area contributed by atoms with Crippen LogP contribution in [0.2, 0.25) is 0 Å². The maximum absolute atomic E-state index is 11.2. The van der Waals surface area contributed by atoms with Crippen LogP contribution in [0.5, 0.6) is 0 Å². The van der Waals surface area contributed by atoms with E-state index in [0.717, 1.165) is 0 Å². The van der Waals surface area contributed by atoms with Gasteiger partial charge in [0.05, 0.1) is 0 Å². The first-order valence-corrected chi connectivity index (χ1v) is 4.77. The smallest absolute Gasteiger partial charge is 0.334 e. The summed E-state index contributed by atoms with van der Waals surface area (Å²) in [5, 5.41) is 18.7. The molecule has 0 radical (unpaired) electrons. The van der Waals surface area contributed by atoms with Crippen LogP contribution in [0.15, 0.2) is 12.2 Å². The molecule has 0 bridgehead atoms. The molecular weight excluding hydrogens is 198 g/mol. The minimum atomic E-state index is -0.905. The van der Waals surface area contributed by atoms with Crippen molar-refractivity contribution in [1.82, 2.24) is 4.90 Å². The number of ether oxygens (including phenoxy) is 1. The third-order valence-electron chi connectivity index (χ3n) is 1.91. The molecule has 0 aliphatic heterocycles. The van der Waals surface area contributed by atoms with Crippen molar-refractivity contribution in [3.63, 3.8) is 0 Å². The van der Waals surface area contributed by atoms with Crippen LogP contribution in [-0.2, 0) is 9.53 Å². The van der Waals surface area contributed by atoms with Crippen LogP contribution in [0.25, 0.3) is 0 Å². The van der Waals surface area contributed by atoms with Crippen molar-refractivity contribution >= 4 is 5.97 Å². The molecule has 0 aromatic heterocycles. The number of carbonyl (C=O) groups is 1. The summed E-state index contributed by atoms with van der Waals surface area (Å²) in [7, 11) is 0. The first-order chi connectivity index (χ1) is 6.77. The van der Waals surface area contributed by atoms with Crippen LogP contribution in [0, 0.1) is 0 Å². The lowest BCUT2D eigenvalue weighted by atomic mass is 10.3. The Morgan fingerprint density at radius 1 is 1.27 bits per heavy atom. The Labute approximate surface area is 90.0 Å². The van der Waals surface area contributed by atoms with Crippen LogP contribution in [-0.4, -0.2) is 39.8 Å². The molecule has 0 aliphatic carbocycles. The molecule has 5 nitrogen and oxygen atoms in total. The average molecular weight is 217 g/mol. The Morgan fingerprint density at radius 3 is 1.93 bits per heavy atom. The van der Waals surface area contributed by atoms with E-state index < -0.39 is 24.7 Å². The predicted molar refractivity (Wildman–Crippen MR) is 55.6 cm³/mol. The number of nitrogens with zero attached hydrogens (tertiary/aromatic N) is 1.